The summed E-state index contributed by atoms with van der Waals surface area (Å²) in [6.07, 6.45) is -1.60. The number of benzene rings is 1. The molecule has 14 heavy (non-hydrogen) atoms. The van der Waals surface area contributed by atoms with Crippen molar-refractivity contribution in [1.29, 1.82) is 0 Å². The predicted octanol–water partition coefficient (Wildman–Crippen LogP) is 4.18. The molecule has 0 atom stereocenters. The highest BCUT2D eigenvalue weighted by Crippen LogP contribution is 2.27. The summed E-state index contributed by atoms with van der Waals surface area (Å²) in [5.41, 5.74) is -0.0227. The van der Waals surface area contributed by atoms with Crippen LogP contribution in [0.25, 0.3) is 0 Å². The van der Waals surface area contributed by atoms with E-state index in [0.717, 1.165) is 6.42 Å². The molecule has 0 aliphatic heterocycles. The van der Waals surface area contributed by atoms with E-state index in [1.165, 1.54) is 12.1 Å². The van der Waals surface area contributed by atoms with Crippen LogP contribution in [0.2, 0.25) is 0 Å². The lowest BCUT2D eigenvalue weighted by Crippen LogP contribution is -1.96. The first-order valence-electron chi connectivity index (χ1n) is 4.35. The van der Waals surface area contributed by atoms with E-state index in [-0.39, 0.29) is 5.56 Å². The lowest BCUT2D eigenvalue weighted by Gasteiger charge is -2.07. The number of halogens is 3. The average Bonchev–Trinajstić information content (AvgIpc) is 2.14. The fraction of sp³-hybridized carbons (Fsp3) is 0.400. The molecule has 0 saturated carbocycles. The van der Waals surface area contributed by atoms with Crippen molar-refractivity contribution in [2.24, 2.45) is 0 Å². The van der Waals surface area contributed by atoms with Crippen LogP contribution in [0.15, 0.2) is 22.7 Å². The van der Waals surface area contributed by atoms with Gasteiger partial charge in [-0.25, -0.2) is 8.78 Å². The molecule has 0 unspecified atom stereocenters. The van der Waals surface area contributed by atoms with Gasteiger partial charge in [-0.3, -0.25) is 0 Å². The van der Waals surface area contributed by atoms with Crippen molar-refractivity contribution in [2.45, 2.75) is 19.8 Å². The molecular weight excluding hydrogens is 254 g/mol. The maximum absolute atomic E-state index is 12.4. The number of rotatable bonds is 4. The normalized spacial score (nSPS) is 10.6. The van der Waals surface area contributed by atoms with Crippen LogP contribution in [0.1, 0.15) is 25.3 Å². The first-order chi connectivity index (χ1) is 6.63. The highest BCUT2D eigenvalue weighted by atomic mass is 79.9. The molecular formula is C10H11BrF2O. The Morgan fingerprint density at radius 2 is 2.07 bits per heavy atom. The summed E-state index contributed by atoms with van der Waals surface area (Å²) < 4.78 is 30.6. The smallest absolute Gasteiger partial charge is 0.264 e. The lowest BCUT2D eigenvalue weighted by atomic mass is 10.2. The molecule has 0 saturated heterocycles. The van der Waals surface area contributed by atoms with E-state index in [2.05, 4.69) is 15.9 Å². The Hall–Kier alpha value is -0.640. The van der Waals surface area contributed by atoms with Crippen LogP contribution in [0.5, 0.6) is 5.75 Å². The first-order valence-corrected chi connectivity index (χ1v) is 5.14. The van der Waals surface area contributed by atoms with Crippen LogP contribution in [0.4, 0.5) is 8.78 Å². The molecule has 0 heterocycles. The minimum Gasteiger partial charge on any atom is -0.494 e. The zero-order valence-corrected chi connectivity index (χ0v) is 9.35. The Labute approximate surface area is 90.2 Å². The van der Waals surface area contributed by atoms with Gasteiger partial charge in [0.05, 0.1) is 6.61 Å². The third kappa shape index (κ3) is 3.25. The van der Waals surface area contributed by atoms with Gasteiger partial charge in [0, 0.05) is 10.0 Å². The van der Waals surface area contributed by atoms with Crippen LogP contribution in [-0.2, 0) is 0 Å². The van der Waals surface area contributed by atoms with Gasteiger partial charge in [0.1, 0.15) is 5.75 Å². The third-order valence-electron chi connectivity index (χ3n) is 1.62. The van der Waals surface area contributed by atoms with Crippen LogP contribution in [-0.4, -0.2) is 6.61 Å². The van der Waals surface area contributed by atoms with Crippen LogP contribution in [0.3, 0.4) is 0 Å². The summed E-state index contributed by atoms with van der Waals surface area (Å²) in [7, 11) is 0. The molecule has 78 valence electrons. The van der Waals surface area contributed by atoms with Gasteiger partial charge in [-0.15, -0.1) is 0 Å². The zero-order chi connectivity index (χ0) is 10.6. The lowest BCUT2D eigenvalue weighted by molar-refractivity contribution is 0.150. The van der Waals surface area contributed by atoms with Gasteiger partial charge < -0.3 is 4.74 Å². The van der Waals surface area contributed by atoms with Crippen molar-refractivity contribution in [1.82, 2.24) is 0 Å². The summed E-state index contributed by atoms with van der Waals surface area (Å²) in [6, 6.07) is 4.44. The minimum atomic E-state index is -2.46. The van der Waals surface area contributed by atoms with Crippen molar-refractivity contribution < 1.29 is 13.5 Å². The molecule has 0 fully saturated rings. The summed E-state index contributed by atoms with van der Waals surface area (Å²) >= 11 is 3.16. The second kappa shape index (κ2) is 5.29. The van der Waals surface area contributed by atoms with Gasteiger partial charge >= 0.3 is 0 Å². The predicted molar refractivity (Wildman–Crippen MR) is 54.9 cm³/mol. The van der Waals surface area contributed by atoms with E-state index >= 15 is 0 Å². The Kier molecular flexibility index (Phi) is 4.32. The molecule has 0 aliphatic carbocycles. The molecule has 4 heteroatoms. The molecule has 0 amide bonds. The Balaban J connectivity index is 2.84. The van der Waals surface area contributed by atoms with Crippen LogP contribution < -0.4 is 4.74 Å². The summed E-state index contributed by atoms with van der Waals surface area (Å²) in [5, 5.41) is 0. The maximum atomic E-state index is 12.4. The fourth-order valence-corrected chi connectivity index (χ4v) is 1.50. The zero-order valence-electron chi connectivity index (χ0n) is 7.77. The van der Waals surface area contributed by atoms with Crippen molar-refractivity contribution >= 4 is 15.9 Å². The number of ether oxygens (including phenoxy) is 1. The molecule has 0 bridgehead atoms. The quantitative estimate of drug-likeness (QED) is 0.793. The molecule has 0 N–H and O–H groups in total. The third-order valence-corrected chi connectivity index (χ3v) is 2.08. The van der Waals surface area contributed by atoms with Gasteiger partial charge in [0.15, 0.2) is 0 Å². The summed E-state index contributed by atoms with van der Waals surface area (Å²) in [6.45, 7) is 2.51. The van der Waals surface area contributed by atoms with Crippen molar-refractivity contribution in [3.63, 3.8) is 0 Å². The van der Waals surface area contributed by atoms with Gasteiger partial charge in [-0.05, 0) is 24.6 Å². The SMILES string of the molecule is CCCOc1cc(Br)cc(C(F)F)c1. The van der Waals surface area contributed by atoms with E-state index in [1.54, 1.807) is 6.07 Å². The Morgan fingerprint density at radius 1 is 1.36 bits per heavy atom. The first kappa shape index (κ1) is 11.4. The van der Waals surface area contributed by atoms with Crippen molar-refractivity contribution in [3.8, 4) is 5.75 Å². The number of hydrogen-bond acceptors (Lipinski definition) is 1. The molecule has 0 aromatic heterocycles. The van der Waals surface area contributed by atoms with Gasteiger partial charge in [-0.2, -0.15) is 0 Å². The van der Waals surface area contributed by atoms with E-state index in [9.17, 15) is 8.78 Å². The minimum absolute atomic E-state index is 0.0227. The number of hydrogen-bond donors (Lipinski definition) is 0. The van der Waals surface area contributed by atoms with Gasteiger partial charge in [0.2, 0.25) is 0 Å². The topological polar surface area (TPSA) is 9.23 Å². The maximum Gasteiger partial charge on any atom is 0.264 e. The van der Waals surface area contributed by atoms with E-state index in [0.29, 0.717) is 16.8 Å². The summed E-state index contributed by atoms with van der Waals surface area (Å²) in [5.74, 6) is 0.483. The largest absolute Gasteiger partial charge is 0.494 e. The molecule has 1 nitrogen and oxygen atoms in total. The summed E-state index contributed by atoms with van der Waals surface area (Å²) in [4.78, 5) is 0. The second-order valence-corrected chi connectivity index (χ2v) is 3.79. The molecule has 1 rings (SSSR count). The van der Waals surface area contributed by atoms with Crippen molar-refractivity contribution in [2.75, 3.05) is 6.61 Å². The standard InChI is InChI=1S/C10H11BrF2O/c1-2-3-14-9-5-7(10(12)13)4-8(11)6-9/h4-6,10H,2-3H2,1H3. The highest BCUT2D eigenvalue weighted by molar-refractivity contribution is 9.10. The van der Waals surface area contributed by atoms with Gasteiger partial charge in [-0.1, -0.05) is 22.9 Å². The highest BCUT2D eigenvalue weighted by Gasteiger charge is 2.09. The molecule has 1 aromatic carbocycles. The number of alkyl halides is 2. The fourth-order valence-electron chi connectivity index (χ4n) is 1.01. The monoisotopic (exact) mass is 264 g/mol. The van der Waals surface area contributed by atoms with E-state index < -0.39 is 6.43 Å². The Morgan fingerprint density at radius 3 is 2.64 bits per heavy atom. The van der Waals surface area contributed by atoms with E-state index in [1.807, 2.05) is 6.92 Å². The Bertz CT molecular complexity index is 302. The second-order valence-electron chi connectivity index (χ2n) is 2.87. The van der Waals surface area contributed by atoms with Crippen LogP contribution in [0, 0.1) is 0 Å². The molecule has 1 aromatic rings. The average molecular weight is 265 g/mol. The van der Waals surface area contributed by atoms with E-state index in [4.69, 9.17) is 4.74 Å². The van der Waals surface area contributed by atoms with Gasteiger partial charge in [0.25, 0.3) is 6.43 Å². The van der Waals surface area contributed by atoms with Crippen LogP contribution >= 0.6 is 15.9 Å². The molecule has 0 aliphatic rings. The van der Waals surface area contributed by atoms with Crippen molar-refractivity contribution in [3.05, 3.63) is 28.2 Å². The molecule has 0 spiro atoms. The molecule has 0 radical (unpaired) electrons.